The summed E-state index contributed by atoms with van der Waals surface area (Å²) in [5.41, 5.74) is 5.85. The second kappa shape index (κ2) is 6.44. The van der Waals surface area contributed by atoms with Crippen molar-refractivity contribution < 1.29 is 0 Å². The molecule has 3 aromatic carbocycles. The van der Waals surface area contributed by atoms with E-state index in [1.807, 2.05) is 6.07 Å². The van der Waals surface area contributed by atoms with E-state index >= 15 is 0 Å². The minimum absolute atomic E-state index is 0.0903. The number of rotatable bonds is 3. The molecule has 1 atom stereocenters. The SMILES string of the molecule is CCN1c2ccccc2-c2nc3ccccc3n2[C@@H]1/C=C/c1ccccc1. The van der Waals surface area contributed by atoms with Crippen molar-refractivity contribution in [1.82, 2.24) is 9.55 Å². The van der Waals surface area contributed by atoms with Gasteiger partial charge in [-0.15, -0.1) is 0 Å². The third kappa shape index (κ3) is 2.55. The lowest BCUT2D eigenvalue weighted by atomic mass is 10.1. The fourth-order valence-electron chi connectivity index (χ4n) is 4.01. The summed E-state index contributed by atoms with van der Waals surface area (Å²) < 4.78 is 2.36. The van der Waals surface area contributed by atoms with E-state index < -0.39 is 0 Å². The van der Waals surface area contributed by atoms with Crippen LogP contribution in [0.15, 0.2) is 84.9 Å². The summed E-state index contributed by atoms with van der Waals surface area (Å²) in [7, 11) is 0. The Morgan fingerprint density at radius 1 is 0.889 bits per heavy atom. The van der Waals surface area contributed by atoms with Crippen LogP contribution in [0.1, 0.15) is 18.7 Å². The van der Waals surface area contributed by atoms with Gasteiger partial charge in [0.2, 0.25) is 0 Å². The lowest BCUT2D eigenvalue weighted by molar-refractivity contribution is 0.574. The molecule has 132 valence electrons. The van der Waals surface area contributed by atoms with E-state index in [1.54, 1.807) is 0 Å². The molecule has 1 aliphatic rings. The summed E-state index contributed by atoms with van der Waals surface area (Å²) >= 11 is 0. The van der Waals surface area contributed by atoms with E-state index in [2.05, 4.69) is 101 Å². The van der Waals surface area contributed by atoms with Crippen molar-refractivity contribution in [2.45, 2.75) is 13.1 Å². The molecule has 2 heterocycles. The third-order valence-corrected chi connectivity index (χ3v) is 5.24. The number of imidazole rings is 1. The Hall–Kier alpha value is -3.33. The van der Waals surface area contributed by atoms with Gasteiger partial charge in [-0.1, -0.05) is 60.7 Å². The molecular weight excluding hydrogens is 330 g/mol. The van der Waals surface area contributed by atoms with Gasteiger partial charge < -0.3 is 4.90 Å². The Balaban J connectivity index is 1.74. The van der Waals surface area contributed by atoms with Crippen molar-refractivity contribution in [1.29, 1.82) is 0 Å². The zero-order valence-corrected chi connectivity index (χ0v) is 15.3. The molecule has 0 unspecified atom stereocenters. The van der Waals surface area contributed by atoms with Gasteiger partial charge in [-0.25, -0.2) is 4.98 Å². The minimum Gasteiger partial charge on any atom is -0.347 e. The summed E-state index contributed by atoms with van der Waals surface area (Å²) in [6.07, 6.45) is 4.58. The highest BCUT2D eigenvalue weighted by atomic mass is 15.3. The molecule has 3 heteroatoms. The van der Waals surface area contributed by atoms with Crippen molar-refractivity contribution in [3.63, 3.8) is 0 Å². The van der Waals surface area contributed by atoms with Gasteiger partial charge in [-0.3, -0.25) is 4.57 Å². The zero-order valence-electron chi connectivity index (χ0n) is 15.3. The highest BCUT2D eigenvalue weighted by molar-refractivity contribution is 5.87. The van der Waals surface area contributed by atoms with Crippen LogP contribution in [0.2, 0.25) is 0 Å². The number of benzene rings is 3. The second-order valence-electron chi connectivity index (χ2n) is 6.78. The maximum atomic E-state index is 4.97. The fraction of sp³-hybridized carbons (Fsp3) is 0.125. The summed E-state index contributed by atoms with van der Waals surface area (Å²) in [4.78, 5) is 7.41. The fourth-order valence-corrected chi connectivity index (χ4v) is 4.01. The summed E-state index contributed by atoms with van der Waals surface area (Å²) in [5.74, 6) is 1.04. The van der Waals surface area contributed by atoms with Crippen molar-refractivity contribution in [2.75, 3.05) is 11.4 Å². The van der Waals surface area contributed by atoms with Crippen LogP contribution >= 0.6 is 0 Å². The van der Waals surface area contributed by atoms with Crippen LogP contribution in [0.5, 0.6) is 0 Å². The lowest BCUT2D eigenvalue weighted by Crippen LogP contribution is -2.35. The molecule has 0 aliphatic carbocycles. The van der Waals surface area contributed by atoms with Crippen LogP contribution < -0.4 is 4.90 Å². The maximum Gasteiger partial charge on any atom is 0.145 e. The highest BCUT2D eigenvalue weighted by Gasteiger charge is 2.30. The monoisotopic (exact) mass is 351 g/mol. The number of anilines is 1. The van der Waals surface area contributed by atoms with E-state index in [-0.39, 0.29) is 6.17 Å². The number of fused-ring (bicyclic) bond motifs is 5. The molecule has 1 aromatic heterocycles. The normalized spacial score (nSPS) is 15.9. The van der Waals surface area contributed by atoms with Crippen LogP contribution in [0.25, 0.3) is 28.5 Å². The topological polar surface area (TPSA) is 21.1 Å². The number of hydrogen-bond donors (Lipinski definition) is 0. The first-order valence-electron chi connectivity index (χ1n) is 9.43. The maximum absolute atomic E-state index is 4.97. The number of hydrogen-bond acceptors (Lipinski definition) is 2. The molecule has 0 bridgehead atoms. The molecule has 0 saturated carbocycles. The van der Waals surface area contributed by atoms with Gasteiger partial charge in [0.1, 0.15) is 12.0 Å². The molecule has 0 amide bonds. The smallest absolute Gasteiger partial charge is 0.145 e. The molecule has 0 radical (unpaired) electrons. The van der Waals surface area contributed by atoms with Gasteiger partial charge in [0, 0.05) is 17.8 Å². The predicted molar refractivity (Wildman–Crippen MR) is 113 cm³/mol. The van der Waals surface area contributed by atoms with Gasteiger partial charge in [-0.05, 0) is 42.8 Å². The summed E-state index contributed by atoms with van der Waals surface area (Å²) in [6, 6.07) is 27.4. The number of aromatic nitrogens is 2. The van der Waals surface area contributed by atoms with Gasteiger partial charge in [0.05, 0.1) is 11.0 Å². The first-order valence-corrected chi connectivity index (χ1v) is 9.43. The molecule has 27 heavy (non-hydrogen) atoms. The minimum atomic E-state index is 0.0903. The van der Waals surface area contributed by atoms with E-state index in [0.29, 0.717) is 0 Å². The molecule has 5 rings (SSSR count). The quantitative estimate of drug-likeness (QED) is 0.468. The Morgan fingerprint density at radius 3 is 2.48 bits per heavy atom. The van der Waals surface area contributed by atoms with Crippen LogP contribution in [0.4, 0.5) is 5.69 Å². The average molecular weight is 351 g/mol. The van der Waals surface area contributed by atoms with Gasteiger partial charge in [-0.2, -0.15) is 0 Å². The van der Waals surface area contributed by atoms with Crippen molar-refractivity contribution in [3.05, 3.63) is 90.5 Å². The van der Waals surface area contributed by atoms with Crippen LogP contribution in [-0.2, 0) is 0 Å². The van der Waals surface area contributed by atoms with Crippen molar-refractivity contribution in [2.24, 2.45) is 0 Å². The second-order valence-corrected chi connectivity index (χ2v) is 6.78. The van der Waals surface area contributed by atoms with Gasteiger partial charge in [0.15, 0.2) is 0 Å². The lowest BCUT2D eigenvalue weighted by Gasteiger charge is -2.38. The molecule has 0 fully saturated rings. The third-order valence-electron chi connectivity index (χ3n) is 5.24. The largest absolute Gasteiger partial charge is 0.347 e. The van der Waals surface area contributed by atoms with Crippen molar-refractivity contribution in [3.8, 4) is 11.4 Å². The standard InChI is InChI=1S/C24H21N3/c1-2-26-21-14-8-6-12-19(21)24-25-20-13-7-9-15-22(20)27(24)23(26)17-16-18-10-4-3-5-11-18/h3-17,23H,2H2,1H3/b17-16+/t23-/m1/s1. The van der Waals surface area contributed by atoms with Crippen molar-refractivity contribution >= 4 is 22.8 Å². The molecule has 0 spiro atoms. The Kier molecular flexibility index (Phi) is 3.79. The molecule has 0 saturated heterocycles. The first-order chi connectivity index (χ1) is 13.4. The zero-order chi connectivity index (χ0) is 18.2. The molecular formula is C24H21N3. The Labute approximate surface area is 159 Å². The predicted octanol–water partition coefficient (Wildman–Crippen LogP) is 5.76. The molecule has 0 N–H and O–H groups in total. The number of nitrogens with zero attached hydrogens (tertiary/aromatic N) is 3. The van der Waals surface area contributed by atoms with E-state index in [1.165, 1.54) is 22.3 Å². The van der Waals surface area contributed by atoms with Crippen LogP contribution in [0.3, 0.4) is 0 Å². The van der Waals surface area contributed by atoms with E-state index in [9.17, 15) is 0 Å². The van der Waals surface area contributed by atoms with E-state index in [4.69, 9.17) is 4.98 Å². The molecule has 4 aromatic rings. The Morgan fingerprint density at radius 2 is 1.63 bits per heavy atom. The number of likely N-dealkylation sites (N-methyl/N-ethyl adjacent to an activating group) is 1. The van der Waals surface area contributed by atoms with Crippen LogP contribution in [0, 0.1) is 0 Å². The van der Waals surface area contributed by atoms with Gasteiger partial charge >= 0.3 is 0 Å². The van der Waals surface area contributed by atoms with E-state index in [0.717, 1.165) is 17.9 Å². The van der Waals surface area contributed by atoms with Gasteiger partial charge in [0.25, 0.3) is 0 Å². The summed E-state index contributed by atoms with van der Waals surface area (Å²) in [5, 5.41) is 0. The molecule has 3 nitrogen and oxygen atoms in total. The number of para-hydroxylation sites is 3. The Bertz CT molecular complexity index is 1120. The van der Waals surface area contributed by atoms with Crippen LogP contribution in [-0.4, -0.2) is 16.1 Å². The first kappa shape index (κ1) is 15.9. The summed E-state index contributed by atoms with van der Waals surface area (Å²) in [6.45, 7) is 3.14. The average Bonchev–Trinajstić information content (AvgIpc) is 3.12. The highest BCUT2D eigenvalue weighted by Crippen LogP contribution is 2.42. The molecule has 1 aliphatic heterocycles.